The Hall–Kier alpha value is -3.66. The average Bonchev–Trinajstić information content (AvgIpc) is 3.24. The normalized spacial score (nSPS) is 14.3. The molecule has 1 aliphatic rings. The Bertz CT molecular complexity index is 1450. The molecular formula is C28H32N4O5. The van der Waals surface area contributed by atoms with Crippen molar-refractivity contribution >= 4 is 10.9 Å². The molecule has 9 nitrogen and oxygen atoms in total. The highest BCUT2D eigenvalue weighted by Gasteiger charge is 2.19. The summed E-state index contributed by atoms with van der Waals surface area (Å²) in [6.45, 7) is 5.13. The van der Waals surface area contributed by atoms with Gasteiger partial charge in [-0.05, 0) is 23.3 Å². The van der Waals surface area contributed by atoms with Crippen LogP contribution in [0.5, 0.6) is 5.75 Å². The van der Waals surface area contributed by atoms with Gasteiger partial charge in [0.1, 0.15) is 5.75 Å². The lowest BCUT2D eigenvalue weighted by Crippen LogP contribution is -2.39. The number of nitrogens with one attached hydrogen (secondary N) is 1. The van der Waals surface area contributed by atoms with Crippen LogP contribution in [0.25, 0.3) is 10.9 Å². The minimum absolute atomic E-state index is 0.127. The number of morpholine rings is 1. The number of rotatable bonds is 10. The maximum absolute atomic E-state index is 13.6. The molecule has 37 heavy (non-hydrogen) atoms. The fraction of sp³-hybridized carbons (Fsp3) is 0.357. The van der Waals surface area contributed by atoms with Crippen molar-refractivity contribution in [3.05, 3.63) is 98.2 Å². The third-order valence-electron chi connectivity index (χ3n) is 6.70. The summed E-state index contributed by atoms with van der Waals surface area (Å²) >= 11 is 0. The first-order chi connectivity index (χ1) is 18.1. The van der Waals surface area contributed by atoms with E-state index in [-0.39, 0.29) is 17.7 Å². The second-order valence-electron chi connectivity index (χ2n) is 9.16. The van der Waals surface area contributed by atoms with Crippen LogP contribution in [0.2, 0.25) is 0 Å². The van der Waals surface area contributed by atoms with Gasteiger partial charge >= 0.3 is 0 Å². The summed E-state index contributed by atoms with van der Waals surface area (Å²) in [7, 11) is 1.61. The summed E-state index contributed by atoms with van der Waals surface area (Å²) in [6, 6.07) is 18.9. The van der Waals surface area contributed by atoms with Crippen LogP contribution in [0.4, 0.5) is 0 Å². The number of methoxy groups -OCH3 is 1. The number of aromatic amines is 1. The van der Waals surface area contributed by atoms with Crippen molar-refractivity contribution in [3.63, 3.8) is 0 Å². The topological polar surface area (TPSA) is 90.7 Å². The van der Waals surface area contributed by atoms with Crippen molar-refractivity contribution in [1.82, 2.24) is 19.2 Å². The van der Waals surface area contributed by atoms with Gasteiger partial charge in [0.05, 0.1) is 63.2 Å². The Kier molecular flexibility index (Phi) is 7.84. The number of aromatic nitrogens is 3. The lowest BCUT2D eigenvalue weighted by Gasteiger charge is -2.26. The number of hydrogen-bond acceptors (Lipinski definition) is 6. The second-order valence-corrected chi connectivity index (χ2v) is 9.16. The van der Waals surface area contributed by atoms with Crippen LogP contribution in [0.1, 0.15) is 16.8 Å². The Morgan fingerprint density at radius 2 is 1.70 bits per heavy atom. The Morgan fingerprint density at radius 3 is 2.49 bits per heavy atom. The van der Waals surface area contributed by atoms with Crippen LogP contribution in [-0.4, -0.2) is 59.2 Å². The van der Waals surface area contributed by atoms with Gasteiger partial charge < -0.3 is 18.8 Å². The van der Waals surface area contributed by atoms with Crippen LogP contribution in [0.3, 0.4) is 0 Å². The molecule has 0 saturated carbocycles. The van der Waals surface area contributed by atoms with Crippen molar-refractivity contribution in [2.45, 2.75) is 26.3 Å². The summed E-state index contributed by atoms with van der Waals surface area (Å²) in [5, 5.41) is 3.64. The van der Waals surface area contributed by atoms with Crippen molar-refractivity contribution in [1.29, 1.82) is 0 Å². The van der Waals surface area contributed by atoms with Crippen molar-refractivity contribution in [2.75, 3.05) is 40.0 Å². The highest BCUT2D eigenvalue weighted by Crippen LogP contribution is 2.18. The lowest BCUT2D eigenvalue weighted by molar-refractivity contribution is 0.0359. The Morgan fingerprint density at radius 1 is 0.919 bits per heavy atom. The first-order valence-corrected chi connectivity index (χ1v) is 12.5. The van der Waals surface area contributed by atoms with Gasteiger partial charge in [-0.3, -0.25) is 24.3 Å². The predicted octanol–water partition coefficient (Wildman–Crippen LogP) is 2.60. The van der Waals surface area contributed by atoms with E-state index in [1.807, 2.05) is 54.6 Å². The van der Waals surface area contributed by atoms with E-state index in [9.17, 15) is 9.59 Å². The van der Waals surface area contributed by atoms with Gasteiger partial charge in [0, 0.05) is 25.7 Å². The minimum atomic E-state index is -0.199. The first kappa shape index (κ1) is 25.0. The zero-order valence-corrected chi connectivity index (χ0v) is 21.0. The van der Waals surface area contributed by atoms with Crippen molar-refractivity contribution in [3.8, 4) is 5.75 Å². The molecule has 0 atom stereocenters. The zero-order valence-electron chi connectivity index (χ0n) is 21.0. The van der Waals surface area contributed by atoms with E-state index >= 15 is 0 Å². The smallest absolute Gasteiger partial charge is 0.276 e. The third kappa shape index (κ3) is 5.85. The van der Waals surface area contributed by atoms with Gasteiger partial charge in [0.15, 0.2) is 0 Å². The summed E-state index contributed by atoms with van der Waals surface area (Å²) in [6.07, 6.45) is 0. The molecule has 0 unspecified atom stereocenters. The number of pyridine rings is 1. The SMILES string of the molecule is COc1cccc(Cn2c(COCc3ccccc3)c3c(=O)n(CCN4CCOCC4)[nH]c3cc2=O)c1. The monoisotopic (exact) mass is 504 g/mol. The maximum Gasteiger partial charge on any atom is 0.276 e. The molecular weight excluding hydrogens is 472 g/mol. The standard InChI is InChI=1S/C28H32N4O5/c1-35-23-9-5-8-22(16-23)18-31-25(20-37-19-21-6-3-2-4-7-21)27-24(17-26(31)33)29-32(28(27)34)11-10-30-12-14-36-15-13-30/h2-9,16-17,29H,10-15,18-20H2,1H3. The predicted molar refractivity (Wildman–Crippen MR) is 141 cm³/mol. The highest BCUT2D eigenvalue weighted by atomic mass is 16.5. The third-order valence-corrected chi connectivity index (χ3v) is 6.70. The molecule has 0 amide bonds. The number of fused-ring (bicyclic) bond motifs is 1. The molecule has 5 rings (SSSR count). The van der Waals surface area contributed by atoms with Crippen LogP contribution in [0.15, 0.2) is 70.3 Å². The maximum atomic E-state index is 13.6. The molecule has 9 heteroatoms. The van der Waals surface area contributed by atoms with Crippen LogP contribution < -0.4 is 15.9 Å². The van der Waals surface area contributed by atoms with E-state index < -0.39 is 0 Å². The summed E-state index contributed by atoms with van der Waals surface area (Å²) in [4.78, 5) is 29.1. The molecule has 4 aromatic rings. The van der Waals surface area contributed by atoms with Crippen molar-refractivity contribution < 1.29 is 14.2 Å². The van der Waals surface area contributed by atoms with Gasteiger partial charge in [-0.2, -0.15) is 0 Å². The van der Waals surface area contributed by atoms with Gasteiger partial charge in [-0.1, -0.05) is 42.5 Å². The Balaban J connectivity index is 1.49. The van der Waals surface area contributed by atoms with Crippen LogP contribution >= 0.6 is 0 Å². The molecule has 0 bridgehead atoms. The summed E-state index contributed by atoms with van der Waals surface area (Å²) in [5.41, 5.74) is 2.66. The molecule has 2 aromatic carbocycles. The first-order valence-electron chi connectivity index (χ1n) is 12.5. The molecule has 1 N–H and O–H groups in total. The highest BCUT2D eigenvalue weighted by molar-refractivity contribution is 5.80. The van der Waals surface area contributed by atoms with E-state index in [1.54, 1.807) is 16.4 Å². The Labute approximate surface area is 214 Å². The molecule has 1 fully saturated rings. The molecule has 1 aliphatic heterocycles. The van der Waals surface area contributed by atoms with E-state index in [0.717, 1.165) is 30.8 Å². The average molecular weight is 505 g/mol. The van der Waals surface area contributed by atoms with Crippen LogP contribution in [-0.2, 0) is 35.8 Å². The number of benzene rings is 2. The second kappa shape index (κ2) is 11.6. The molecule has 0 spiro atoms. The number of hydrogen-bond donors (Lipinski definition) is 1. The number of ether oxygens (including phenoxy) is 3. The summed E-state index contributed by atoms with van der Waals surface area (Å²) < 4.78 is 20.0. The number of H-pyrrole nitrogens is 1. The van der Waals surface area contributed by atoms with Crippen LogP contribution in [0, 0.1) is 0 Å². The molecule has 2 aromatic heterocycles. The molecule has 194 valence electrons. The molecule has 1 saturated heterocycles. The van der Waals surface area contributed by atoms with Gasteiger partial charge in [-0.25, -0.2) is 0 Å². The lowest BCUT2D eigenvalue weighted by atomic mass is 10.1. The van der Waals surface area contributed by atoms with E-state index in [0.29, 0.717) is 55.3 Å². The van der Waals surface area contributed by atoms with Gasteiger partial charge in [0.25, 0.3) is 11.1 Å². The fourth-order valence-electron chi connectivity index (χ4n) is 4.70. The molecule has 3 heterocycles. The van der Waals surface area contributed by atoms with Gasteiger partial charge in [0.2, 0.25) is 0 Å². The van der Waals surface area contributed by atoms with E-state index in [1.165, 1.54) is 6.07 Å². The van der Waals surface area contributed by atoms with E-state index in [4.69, 9.17) is 14.2 Å². The summed E-state index contributed by atoms with van der Waals surface area (Å²) in [5.74, 6) is 0.709. The fourth-order valence-corrected chi connectivity index (χ4v) is 4.70. The quantitative estimate of drug-likeness (QED) is 0.357. The largest absolute Gasteiger partial charge is 0.497 e. The zero-order chi connectivity index (χ0) is 25.6. The van der Waals surface area contributed by atoms with E-state index in [2.05, 4.69) is 10.00 Å². The van der Waals surface area contributed by atoms with Gasteiger partial charge in [-0.15, -0.1) is 0 Å². The van der Waals surface area contributed by atoms with Crippen molar-refractivity contribution in [2.24, 2.45) is 0 Å². The molecule has 0 radical (unpaired) electrons. The number of nitrogens with zero attached hydrogens (tertiary/aromatic N) is 3. The molecule has 0 aliphatic carbocycles. The minimum Gasteiger partial charge on any atom is -0.497 e.